The lowest BCUT2D eigenvalue weighted by molar-refractivity contribution is -0.136. The second-order valence-electron chi connectivity index (χ2n) is 4.69. The molecule has 0 saturated heterocycles. The number of aliphatic carboxylic acids is 1. The Labute approximate surface area is 128 Å². The lowest BCUT2D eigenvalue weighted by atomic mass is 10.1. The molecule has 2 aromatic carbocycles. The zero-order chi connectivity index (χ0) is 15.2. The summed E-state index contributed by atoms with van der Waals surface area (Å²) in [6.07, 6.45) is 0.0563. The molecule has 21 heavy (non-hydrogen) atoms. The zero-order valence-electron chi connectivity index (χ0n) is 11.4. The maximum Gasteiger partial charge on any atom is 0.305 e. The number of hydrogen-bond acceptors (Lipinski definition) is 3. The first-order valence-electron chi connectivity index (χ1n) is 6.55. The molecule has 0 amide bonds. The molecule has 0 heterocycles. The number of para-hydroxylation sites is 1. The van der Waals surface area contributed by atoms with Gasteiger partial charge in [0.25, 0.3) is 0 Å². The third kappa shape index (κ3) is 4.39. The Kier molecular flexibility index (Phi) is 5.06. The Morgan fingerprint density at radius 2 is 1.86 bits per heavy atom. The molecule has 0 aliphatic heterocycles. The number of aromatic hydroxyl groups is 1. The van der Waals surface area contributed by atoms with Crippen molar-refractivity contribution in [2.24, 2.45) is 0 Å². The van der Waals surface area contributed by atoms with Crippen LogP contribution in [-0.4, -0.2) is 22.7 Å². The van der Waals surface area contributed by atoms with E-state index in [9.17, 15) is 9.90 Å². The third-order valence-corrected chi connectivity index (χ3v) is 3.41. The Bertz CT molecular complexity index is 616. The molecule has 2 N–H and O–H groups in total. The van der Waals surface area contributed by atoms with Gasteiger partial charge in [0.05, 0.1) is 11.4 Å². The van der Waals surface area contributed by atoms with Crippen molar-refractivity contribution in [1.29, 1.82) is 0 Å². The number of benzene rings is 2. The van der Waals surface area contributed by atoms with Crippen LogP contribution in [0.4, 0.5) is 5.69 Å². The van der Waals surface area contributed by atoms with E-state index >= 15 is 0 Å². The maximum atomic E-state index is 10.8. The molecule has 2 rings (SSSR count). The quantitative estimate of drug-likeness (QED) is 0.857. The van der Waals surface area contributed by atoms with E-state index in [1.54, 1.807) is 12.1 Å². The van der Waals surface area contributed by atoms with E-state index < -0.39 is 5.97 Å². The fourth-order valence-corrected chi connectivity index (χ4v) is 2.24. The lowest BCUT2D eigenvalue weighted by Gasteiger charge is -2.24. The topological polar surface area (TPSA) is 60.8 Å². The minimum absolute atomic E-state index is 0.0391. The van der Waals surface area contributed by atoms with Gasteiger partial charge in [-0.3, -0.25) is 4.79 Å². The van der Waals surface area contributed by atoms with Crippen LogP contribution in [0.15, 0.2) is 48.5 Å². The molecule has 2 aromatic rings. The minimum atomic E-state index is -0.834. The van der Waals surface area contributed by atoms with E-state index in [1.165, 1.54) is 6.07 Å². The molecule has 0 unspecified atom stereocenters. The van der Waals surface area contributed by atoms with Gasteiger partial charge in [-0.15, -0.1) is 0 Å². The molecule has 0 spiro atoms. The second kappa shape index (κ2) is 6.99. The van der Waals surface area contributed by atoms with Crippen molar-refractivity contribution >= 4 is 23.3 Å². The molecule has 0 radical (unpaired) electrons. The van der Waals surface area contributed by atoms with Gasteiger partial charge in [0.2, 0.25) is 0 Å². The molecule has 110 valence electrons. The summed E-state index contributed by atoms with van der Waals surface area (Å²) in [6, 6.07) is 14.6. The number of carboxylic acid groups (broad SMARTS) is 1. The summed E-state index contributed by atoms with van der Waals surface area (Å²) in [5.41, 5.74) is 1.86. The van der Waals surface area contributed by atoms with E-state index in [4.69, 9.17) is 16.7 Å². The molecular weight excluding hydrogens is 290 g/mol. The summed E-state index contributed by atoms with van der Waals surface area (Å²) in [4.78, 5) is 12.8. The molecule has 0 saturated carbocycles. The number of phenols is 1. The van der Waals surface area contributed by atoms with Gasteiger partial charge >= 0.3 is 5.97 Å². The third-order valence-electron chi connectivity index (χ3n) is 3.10. The van der Waals surface area contributed by atoms with E-state index in [-0.39, 0.29) is 12.2 Å². The van der Waals surface area contributed by atoms with Crippen LogP contribution in [-0.2, 0) is 11.3 Å². The Morgan fingerprint density at radius 1 is 1.14 bits per heavy atom. The number of nitrogens with zero attached hydrogens (tertiary/aromatic N) is 1. The number of carbonyl (C=O) groups is 1. The minimum Gasteiger partial charge on any atom is -0.506 e. The molecule has 0 fully saturated rings. The van der Waals surface area contributed by atoms with Gasteiger partial charge in [-0.2, -0.15) is 0 Å². The van der Waals surface area contributed by atoms with Crippen LogP contribution in [0.1, 0.15) is 12.0 Å². The Hall–Kier alpha value is -2.20. The normalized spacial score (nSPS) is 10.3. The van der Waals surface area contributed by atoms with Crippen molar-refractivity contribution in [3.8, 4) is 5.75 Å². The fraction of sp³-hybridized carbons (Fsp3) is 0.188. The second-order valence-corrected chi connectivity index (χ2v) is 5.09. The summed E-state index contributed by atoms with van der Waals surface area (Å²) >= 11 is 5.91. The van der Waals surface area contributed by atoms with Crippen molar-refractivity contribution in [3.63, 3.8) is 0 Å². The highest BCUT2D eigenvalue weighted by atomic mass is 35.5. The predicted octanol–water partition coefficient (Wildman–Crippen LogP) is 3.53. The van der Waals surface area contributed by atoms with E-state index in [0.717, 1.165) is 11.3 Å². The molecule has 0 aliphatic carbocycles. The van der Waals surface area contributed by atoms with Crippen LogP contribution in [0.25, 0.3) is 0 Å². The van der Waals surface area contributed by atoms with Gasteiger partial charge in [-0.05, 0) is 29.8 Å². The van der Waals surface area contributed by atoms with Gasteiger partial charge in [0.15, 0.2) is 0 Å². The van der Waals surface area contributed by atoms with Crippen LogP contribution in [0.3, 0.4) is 0 Å². The maximum absolute atomic E-state index is 10.8. The first-order chi connectivity index (χ1) is 10.1. The Balaban J connectivity index is 2.18. The summed E-state index contributed by atoms with van der Waals surface area (Å²) in [7, 11) is 0. The lowest BCUT2D eigenvalue weighted by Crippen LogP contribution is -2.25. The standard InChI is InChI=1S/C16H16ClNO3/c17-14-10-12(6-7-15(14)19)11-18(9-8-16(20)21)13-4-2-1-3-5-13/h1-7,10,19H,8-9,11H2,(H,20,21). The predicted molar refractivity (Wildman–Crippen MR) is 82.9 cm³/mol. The molecule has 5 heteroatoms. The largest absolute Gasteiger partial charge is 0.506 e. The number of phenolic OH excluding ortho intramolecular Hbond substituents is 1. The first-order valence-corrected chi connectivity index (χ1v) is 6.93. The number of halogens is 1. The van der Waals surface area contributed by atoms with Crippen molar-refractivity contribution in [2.75, 3.05) is 11.4 Å². The fourth-order valence-electron chi connectivity index (χ4n) is 2.04. The molecule has 4 nitrogen and oxygen atoms in total. The van der Waals surface area contributed by atoms with Gasteiger partial charge in [-0.1, -0.05) is 35.9 Å². The van der Waals surface area contributed by atoms with E-state index in [1.807, 2.05) is 35.2 Å². The van der Waals surface area contributed by atoms with Crippen molar-refractivity contribution in [2.45, 2.75) is 13.0 Å². The van der Waals surface area contributed by atoms with Gasteiger partial charge in [0.1, 0.15) is 5.75 Å². The highest BCUT2D eigenvalue weighted by Gasteiger charge is 2.10. The van der Waals surface area contributed by atoms with Gasteiger partial charge in [0, 0.05) is 18.8 Å². The smallest absolute Gasteiger partial charge is 0.305 e. The summed E-state index contributed by atoms with van der Waals surface area (Å²) in [5, 5.41) is 18.6. The Morgan fingerprint density at radius 3 is 2.48 bits per heavy atom. The summed E-state index contributed by atoms with van der Waals surface area (Å²) < 4.78 is 0. The molecule has 0 aromatic heterocycles. The number of rotatable bonds is 6. The monoisotopic (exact) mass is 305 g/mol. The van der Waals surface area contributed by atoms with Gasteiger partial charge in [-0.25, -0.2) is 0 Å². The molecule has 0 atom stereocenters. The first kappa shape index (κ1) is 15.2. The average molecular weight is 306 g/mol. The average Bonchev–Trinajstić information content (AvgIpc) is 2.48. The summed E-state index contributed by atoms with van der Waals surface area (Å²) in [6.45, 7) is 0.926. The highest BCUT2D eigenvalue weighted by molar-refractivity contribution is 6.32. The molecule has 0 bridgehead atoms. The summed E-state index contributed by atoms with van der Waals surface area (Å²) in [5.74, 6) is -0.795. The zero-order valence-corrected chi connectivity index (χ0v) is 12.1. The number of anilines is 1. The van der Waals surface area contributed by atoms with E-state index in [2.05, 4.69) is 0 Å². The molecular formula is C16H16ClNO3. The number of carboxylic acids is 1. The van der Waals surface area contributed by atoms with Gasteiger partial charge < -0.3 is 15.1 Å². The van der Waals surface area contributed by atoms with E-state index in [0.29, 0.717) is 18.1 Å². The SMILES string of the molecule is O=C(O)CCN(Cc1ccc(O)c(Cl)c1)c1ccccc1. The van der Waals surface area contributed by atoms with Crippen LogP contribution in [0, 0.1) is 0 Å². The van der Waals surface area contributed by atoms with Crippen molar-refractivity contribution in [3.05, 3.63) is 59.1 Å². The number of hydrogen-bond donors (Lipinski definition) is 2. The van der Waals surface area contributed by atoms with Crippen LogP contribution in [0.2, 0.25) is 5.02 Å². The van der Waals surface area contributed by atoms with Crippen LogP contribution >= 0.6 is 11.6 Å². The van der Waals surface area contributed by atoms with Crippen LogP contribution < -0.4 is 4.90 Å². The molecule has 0 aliphatic rings. The van der Waals surface area contributed by atoms with Crippen molar-refractivity contribution < 1.29 is 15.0 Å². The van der Waals surface area contributed by atoms with Crippen LogP contribution in [0.5, 0.6) is 5.75 Å². The van der Waals surface area contributed by atoms with Crippen molar-refractivity contribution in [1.82, 2.24) is 0 Å². The highest BCUT2D eigenvalue weighted by Crippen LogP contribution is 2.25.